The molecule has 1 atom stereocenters. The van der Waals surface area contributed by atoms with Crippen molar-refractivity contribution in [2.75, 3.05) is 41.9 Å². The number of ether oxygens (including phenoxy) is 2. The van der Waals surface area contributed by atoms with Crippen LogP contribution in [0.2, 0.25) is 0 Å². The predicted octanol–water partition coefficient (Wildman–Crippen LogP) is 7.27. The smallest absolute Gasteiger partial charge is 0.389 e. The maximum absolute atomic E-state index is 13.1. The second-order valence-electron chi connectivity index (χ2n) is 10.7. The van der Waals surface area contributed by atoms with Crippen LogP contribution >= 0.6 is 0 Å². The number of nitrogens with zero attached hydrogens (tertiary/aromatic N) is 1. The number of carbonyl (C=O) groups is 2. The number of urea groups is 1. The first-order valence-corrected chi connectivity index (χ1v) is 14.0. The Labute approximate surface area is 239 Å². The average molecular weight is 580 g/mol. The molecule has 1 unspecified atom stereocenters. The van der Waals surface area contributed by atoms with Crippen LogP contribution in [0.3, 0.4) is 0 Å². The van der Waals surface area contributed by atoms with Crippen LogP contribution in [0.1, 0.15) is 64.4 Å². The van der Waals surface area contributed by atoms with E-state index >= 15 is 0 Å². The van der Waals surface area contributed by atoms with Crippen molar-refractivity contribution in [2.45, 2.75) is 71.0 Å². The molecule has 0 aromatic heterocycles. The van der Waals surface area contributed by atoms with Gasteiger partial charge in [0.15, 0.2) is 0 Å². The maximum Gasteiger partial charge on any atom is 0.389 e. The van der Waals surface area contributed by atoms with E-state index in [1.807, 2.05) is 6.92 Å². The number of nitrogens with one attached hydrogen (secondary N) is 2. The monoisotopic (exact) mass is 579 g/mol. The van der Waals surface area contributed by atoms with Crippen molar-refractivity contribution in [3.63, 3.8) is 0 Å². The lowest BCUT2D eigenvalue weighted by molar-refractivity contribution is -0.142. The Bertz CT molecular complexity index is 1140. The fourth-order valence-corrected chi connectivity index (χ4v) is 5.01. The second kappa shape index (κ2) is 15.0. The number of halogens is 3. The summed E-state index contributed by atoms with van der Waals surface area (Å²) in [6.45, 7) is 8.47. The normalized spacial score (nSPS) is 14.9. The van der Waals surface area contributed by atoms with Gasteiger partial charge in [-0.05, 0) is 80.0 Å². The van der Waals surface area contributed by atoms with Crippen LogP contribution in [0.25, 0.3) is 0 Å². The first kappa shape index (κ1) is 32.0. The van der Waals surface area contributed by atoms with Gasteiger partial charge in [0, 0.05) is 37.9 Å². The number of hydrogen-bond acceptors (Lipinski definition) is 5. The highest BCUT2D eigenvalue weighted by atomic mass is 19.4. The van der Waals surface area contributed by atoms with Crippen molar-refractivity contribution in [3.8, 4) is 5.75 Å². The van der Waals surface area contributed by atoms with Gasteiger partial charge in [0.2, 0.25) is 0 Å². The molecule has 2 aromatic rings. The number of carbonyl (C=O) groups excluding carboxylic acids is 1. The molecule has 1 saturated heterocycles. The summed E-state index contributed by atoms with van der Waals surface area (Å²) < 4.78 is 50.2. The molecule has 2 amide bonds. The summed E-state index contributed by atoms with van der Waals surface area (Å²) in [5.41, 5.74) is 2.08. The zero-order valence-corrected chi connectivity index (χ0v) is 23.8. The number of amides is 2. The first-order chi connectivity index (χ1) is 19.4. The van der Waals surface area contributed by atoms with Crippen molar-refractivity contribution in [1.29, 1.82) is 0 Å². The number of aliphatic carboxylic acids is 1. The first-order valence-electron chi connectivity index (χ1n) is 14.0. The molecule has 0 aliphatic carbocycles. The number of alkyl halides is 3. The van der Waals surface area contributed by atoms with Gasteiger partial charge in [-0.3, -0.25) is 4.79 Å². The third-order valence-corrected chi connectivity index (χ3v) is 6.86. The van der Waals surface area contributed by atoms with Crippen LogP contribution in [0.5, 0.6) is 5.75 Å². The molecule has 226 valence electrons. The van der Waals surface area contributed by atoms with E-state index in [9.17, 15) is 27.9 Å². The third kappa shape index (κ3) is 10.5. The Hall–Kier alpha value is -3.47. The quantitative estimate of drug-likeness (QED) is 0.231. The Morgan fingerprint density at radius 3 is 2.37 bits per heavy atom. The van der Waals surface area contributed by atoms with E-state index in [2.05, 4.69) is 29.4 Å². The third-order valence-electron chi connectivity index (χ3n) is 6.86. The van der Waals surface area contributed by atoms with E-state index in [1.165, 1.54) is 0 Å². The lowest BCUT2D eigenvalue weighted by Gasteiger charge is -2.38. The molecule has 3 rings (SSSR count). The standard InChI is InChI=1S/C30H40F3N3O5/c1-4-41-25-8-6-23(7-9-25)34-29(39)35-26-17-21(22(18-28(37)38)11-14-30(31,32)33)5-10-27(26)36(19-20(2)3)24-12-15-40-16-13-24/h5-10,17,20,22,24H,4,11-16,18-19H2,1-3H3,(H,37,38)(H2,34,35,39). The molecule has 0 radical (unpaired) electrons. The predicted molar refractivity (Wildman–Crippen MR) is 153 cm³/mol. The lowest BCUT2D eigenvalue weighted by Crippen LogP contribution is -2.42. The van der Waals surface area contributed by atoms with Crippen LogP contribution in [0.4, 0.5) is 35.0 Å². The second-order valence-corrected chi connectivity index (χ2v) is 10.7. The summed E-state index contributed by atoms with van der Waals surface area (Å²) in [5, 5.41) is 15.1. The van der Waals surface area contributed by atoms with Crippen LogP contribution in [-0.4, -0.2) is 55.7 Å². The molecule has 2 aromatic carbocycles. The maximum atomic E-state index is 13.1. The highest BCUT2D eigenvalue weighted by Crippen LogP contribution is 2.37. The van der Waals surface area contributed by atoms with Crippen LogP contribution in [-0.2, 0) is 9.53 Å². The molecule has 0 spiro atoms. The van der Waals surface area contributed by atoms with Gasteiger partial charge in [0.1, 0.15) is 5.75 Å². The van der Waals surface area contributed by atoms with Gasteiger partial charge < -0.3 is 30.1 Å². The Balaban J connectivity index is 1.96. The molecule has 1 aliphatic rings. The van der Waals surface area contributed by atoms with Gasteiger partial charge in [-0.25, -0.2) is 4.79 Å². The molecule has 3 N–H and O–H groups in total. The van der Waals surface area contributed by atoms with Crippen molar-refractivity contribution in [2.24, 2.45) is 5.92 Å². The molecule has 41 heavy (non-hydrogen) atoms. The van der Waals surface area contributed by atoms with Crippen molar-refractivity contribution in [3.05, 3.63) is 48.0 Å². The molecular formula is C30H40F3N3O5. The van der Waals surface area contributed by atoms with Crippen molar-refractivity contribution in [1.82, 2.24) is 0 Å². The number of benzene rings is 2. The average Bonchev–Trinajstić information content (AvgIpc) is 2.91. The van der Waals surface area contributed by atoms with Gasteiger partial charge >= 0.3 is 18.2 Å². The van der Waals surface area contributed by atoms with E-state index in [0.717, 1.165) is 18.5 Å². The van der Waals surface area contributed by atoms with E-state index < -0.39 is 36.9 Å². The fraction of sp³-hybridized carbons (Fsp3) is 0.533. The molecule has 11 heteroatoms. The molecule has 0 bridgehead atoms. The number of anilines is 3. The molecule has 1 heterocycles. The van der Waals surface area contributed by atoms with E-state index in [1.54, 1.807) is 42.5 Å². The number of hydrogen-bond donors (Lipinski definition) is 3. The SMILES string of the molecule is CCOc1ccc(NC(=O)Nc2cc(C(CCC(F)(F)F)CC(=O)O)ccc2N(CC(C)C)C2CCOCC2)cc1. The van der Waals surface area contributed by atoms with Crippen LogP contribution < -0.4 is 20.3 Å². The highest BCUT2D eigenvalue weighted by molar-refractivity contribution is 6.02. The highest BCUT2D eigenvalue weighted by Gasteiger charge is 2.31. The number of carboxylic acid groups (broad SMARTS) is 1. The van der Waals surface area contributed by atoms with Gasteiger partial charge in [-0.1, -0.05) is 19.9 Å². The molecular weight excluding hydrogens is 539 g/mol. The van der Waals surface area contributed by atoms with E-state index in [4.69, 9.17) is 9.47 Å². The van der Waals surface area contributed by atoms with E-state index in [0.29, 0.717) is 49.1 Å². The van der Waals surface area contributed by atoms with Crippen LogP contribution in [0.15, 0.2) is 42.5 Å². The minimum absolute atomic E-state index is 0.145. The molecule has 0 saturated carbocycles. The summed E-state index contributed by atoms with van der Waals surface area (Å²) >= 11 is 0. The molecule has 1 fully saturated rings. The zero-order valence-electron chi connectivity index (χ0n) is 23.8. The van der Waals surface area contributed by atoms with Gasteiger partial charge in [0.25, 0.3) is 0 Å². The summed E-state index contributed by atoms with van der Waals surface area (Å²) in [6, 6.07) is 11.6. The summed E-state index contributed by atoms with van der Waals surface area (Å²) in [5.74, 6) is -1.11. The Kier molecular flexibility index (Phi) is 11.7. The minimum atomic E-state index is -4.41. The van der Waals surface area contributed by atoms with Gasteiger partial charge in [-0.15, -0.1) is 0 Å². The van der Waals surface area contributed by atoms with Crippen LogP contribution in [0, 0.1) is 5.92 Å². The minimum Gasteiger partial charge on any atom is -0.494 e. The van der Waals surface area contributed by atoms with Gasteiger partial charge in [0.05, 0.1) is 24.4 Å². The van der Waals surface area contributed by atoms with Crippen molar-refractivity contribution < 1.29 is 37.3 Å². The fourth-order valence-electron chi connectivity index (χ4n) is 5.01. The Morgan fingerprint density at radius 2 is 1.78 bits per heavy atom. The van der Waals surface area contributed by atoms with Crippen molar-refractivity contribution >= 4 is 29.1 Å². The summed E-state index contributed by atoms with van der Waals surface area (Å²) in [4.78, 5) is 26.9. The summed E-state index contributed by atoms with van der Waals surface area (Å²) in [6.07, 6.45) is -4.76. The topological polar surface area (TPSA) is 100 Å². The van der Waals surface area contributed by atoms with Gasteiger partial charge in [-0.2, -0.15) is 13.2 Å². The number of carboxylic acids is 1. The largest absolute Gasteiger partial charge is 0.494 e. The van der Waals surface area contributed by atoms with E-state index in [-0.39, 0.29) is 18.4 Å². The lowest BCUT2D eigenvalue weighted by atomic mass is 9.90. The summed E-state index contributed by atoms with van der Waals surface area (Å²) in [7, 11) is 0. The zero-order chi connectivity index (χ0) is 30.0. The molecule has 1 aliphatic heterocycles. The number of rotatable bonds is 13. The molecule has 8 nitrogen and oxygen atoms in total. The Morgan fingerprint density at radius 1 is 1.10 bits per heavy atom.